The van der Waals surface area contributed by atoms with Crippen molar-refractivity contribution in [2.45, 2.75) is 26.7 Å². The minimum absolute atomic E-state index is 0.254. The van der Waals surface area contributed by atoms with Crippen molar-refractivity contribution in [3.05, 3.63) is 45.6 Å². The number of hydrogen-bond acceptors (Lipinski definition) is 5. The average Bonchev–Trinajstić information content (AvgIpc) is 2.54. The van der Waals surface area contributed by atoms with Crippen LogP contribution in [0.3, 0.4) is 0 Å². The summed E-state index contributed by atoms with van der Waals surface area (Å²) in [5.41, 5.74) is 2.40. The van der Waals surface area contributed by atoms with Crippen molar-refractivity contribution in [1.29, 1.82) is 0 Å². The first-order valence-corrected chi connectivity index (χ1v) is 8.47. The molecule has 1 heterocycles. The Morgan fingerprint density at radius 1 is 1.25 bits per heavy atom. The Morgan fingerprint density at radius 3 is 2.50 bits per heavy atom. The Hall–Kier alpha value is -1.95. The largest absolute Gasteiger partial charge is 0.468 e. The maximum absolute atomic E-state index is 12.5. The summed E-state index contributed by atoms with van der Waals surface area (Å²) in [6.45, 7) is 5.53. The van der Waals surface area contributed by atoms with E-state index in [1.165, 1.54) is 7.11 Å². The van der Waals surface area contributed by atoms with Crippen LogP contribution in [-0.2, 0) is 19.1 Å². The van der Waals surface area contributed by atoms with Gasteiger partial charge in [0.25, 0.3) is 0 Å². The van der Waals surface area contributed by atoms with Crippen LogP contribution in [-0.4, -0.2) is 31.4 Å². The molecular weight excluding hydrogens is 374 g/mol. The second-order valence-corrected chi connectivity index (χ2v) is 6.33. The number of ether oxygens (including phenoxy) is 2. The van der Waals surface area contributed by atoms with Crippen molar-refractivity contribution in [3.8, 4) is 0 Å². The maximum atomic E-state index is 12.5. The molecule has 0 fully saturated rings. The van der Waals surface area contributed by atoms with Crippen molar-refractivity contribution in [3.63, 3.8) is 0 Å². The van der Waals surface area contributed by atoms with E-state index in [0.717, 1.165) is 10.0 Å². The zero-order valence-electron chi connectivity index (χ0n) is 14.1. The van der Waals surface area contributed by atoms with Gasteiger partial charge in [-0.1, -0.05) is 34.1 Å². The minimum atomic E-state index is -0.670. The van der Waals surface area contributed by atoms with Gasteiger partial charge in [0.1, 0.15) is 5.92 Å². The molecule has 2 atom stereocenters. The van der Waals surface area contributed by atoms with Crippen LogP contribution in [0, 0.1) is 5.92 Å². The summed E-state index contributed by atoms with van der Waals surface area (Å²) in [5, 5.41) is 0. The molecule has 0 saturated heterocycles. The van der Waals surface area contributed by atoms with Gasteiger partial charge in [-0.25, -0.2) is 4.79 Å². The van der Waals surface area contributed by atoms with Gasteiger partial charge in [-0.05, 0) is 32.4 Å². The van der Waals surface area contributed by atoms with E-state index in [-0.39, 0.29) is 6.61 Å². The number of aliphatic imine (C=N–C) groups is 1. The van der Waals surface area contributed by atoms with Crippen LogP contribution >= 0.6 is 15.9 Å². The minimum Gasteiger partial charge on any atom is -0.468 e. The molecule has 1 aliphatic rings. The molecule has 1 aromatic rings. The van der Waals surface area contributed by atoms with Crippen molar-refractivity contribution < 1.29 is 19.1 Å². The first-order chi connectivity index (χ1) is 11.4. The first kappa shape index (κ1) is 18.4. The quantitative estimate of drug-likeness (QED) is 0.732. The molecule has 0 saturated carbocycles. The lowest BCUT2D eigenvalue weighted by Gasteiger charge is -2.31. The lowest BCUT2D eigenvalue weighted by Crippen LogP contribution is -2.36. The van der Waals surface area contributed by atoms with Crippen molar-refractivity contribution >= 4 is 33.6 Å². The number of carbonyl (C=O) groups is 2. The molecule has 0 radical (unpaired) electrons. The maximum Gasteiger partial charge on any atom is 0.336 e. The zero-order valence-corrected chi connectivity index (χ0v) is 15.7. The number of hydrogen-bond donors (Lipinski definition) is 0. The van der Waals surface area contributed by atoms with Gasteiger partial charge in [0.15, 0.2) is 0 Å². The number of methoxy groups -OCH3 is 1. The van der Waals surface area contributed by atoms with Gasteiger partial charge >= 0.3 is 11.9 Å². The Bertz CT molecular complexity index is 723. The SMILES string of the molecule is CCOC(=O)C1=C(C)N=C(C)C(C(=O)OC)C1c1ccccc1Br. The molecule has 6 heteroatoms. The molecule has 24 heavy (non-hydrogen) atoms. The fraction of sp³-hybridized carbons (Fsp3) is 0.389. The molecule has 128 valence electrons. The summed E-state index contributed by atoms with van der Waals surface area (Å²) in [6, 6.07) is 7.51. The van der Waals surface area contributed by atoms with Crippen molar-refractivity contribution in [2.24, 2.45) is 10.9 Å². The van der Waals surface area contributed by atoms with Gasteiger partial charge in [0.05, 0.1) is 19.3 Å². The topological polar surface area (TPSA) is 65.0 Å². The van der Waals surface area contributed by atoms with Crippen LogP contribution in [0.5, 0.6) is 0 Å². The summed E-state index contributed by atoms with van der Waals surface area (Å²) in [7, 11) is 1.34. The molecule has 0 amide bonds. The van der Waals surface area contributed by atoms with Crippen LogP contribution in [0.2, 0.25) is 0 Å². The van der Waals surface area contributed by atoms with E-state index in [4.69, 9.17) is 9.47 Å². The monoisotopic (exact) mass is 393 g/mol. The highest BCUT2D eigenvalue weighted by atomic mass is 79.9. The molecule has 0 N–H and O–H groups in total. The second-order valence-electron chi connectivity index (χ2n) is 5.47. The average molecular weight is 394 g/mol. The number of carbonyl (C=O) groups excluding carboxylic acids is 2. The van der Waals surface area contributed by atoms with E-state index in [1.807, 2.05) is 24.3 Å². The molecule has 2 rings (SSSR count). The van der Waals surface area contributed by atoms with E-state index in [0.29, 0.717) is 17.0 Å². The van der Waals surface area contributed by atoms with E-state index in [9.17, 15) is 9.59 Å². The second kappa shape index (κ2) is 7.75. The standard InChI is InChI=1S/C18H20BrNO4/c1-5-24-18(22)15-11(3)20-10(2)14(17(21)23-4)16(15)12-8-6-7-9-13(12)19/h6-9,14,16H,5H2,1-4H3. The van der Waals surface area contributed by atoms with E-state index >= 15 is 0 Å². The highest BCUT2D eigenvalue weighted by molar-refractivity contribution is 9.10. The van der Waals surface area contributed by atoms with Gasteiger partial charge in [-0.15, -0.1) is 0 Å². The molecule has 0 spiro atoms. The molecule has 0 bridgehead atoms. The number of benzene rings is 1. The lowest BCUT2D eigenvalue weighted by molar-refractivity contribution is -0.144. The Morgan fingerprint density at radius 2 is 1.92 bits per heavy atom. The highest BCUT2D eigenvalue weighted by Crippen LogP contribution is 2.42. The third-order valence-electron chi connectivity index (χ3n) is 4.02. The van der Waals surface area contributed by atoms with Gasteiger partial charge in [0, 0.05) is 21.8 Å². The predicted octanol–water partition coefficient (Wildman–Crippen LogP) is 3.63. The number of allylic oxidation sites excluding steroid dienone is 1. The predicted molar refractivity (Wildman–Crippen MR) is 94.8 cm³/mol. The molecule has 1 aromatic carbocycles. The molecular formula is C18H20BrNO4. The van der Waals surface area contributed by atoms with Gasteiger partial charge < -0.3 is 9.47 Å². The van der Waals surface area contributed by atoms with Crippen LogP contribution in [0.4, 0.5) is 0 Å². The number of rotatable bonds is 4. The fourth-order valence-electron chi connectivity index (χ4n) is 3.01. The molecule has 5 nitrogen and oxygen atoms in total. The smallest absolute Gasteiger partial charge is 0.336 e. The van der Waals surface area contributed by atoms with Crippen LogP contribution in [0.1, 0.15) is 32.3 Å². The van der Waals surface area contributed by atoms with Crippen LogP contribution in [0.15, 0.2) is 45.0 Å². The molecule has 0 aliphatic carbocycles. The summed E-state index contributed by atoms with van der Waals surface area (Å²) in [5.74, 6) is -2.06. The van der Waals surface area contributed by atoms with Crippen molar-refractivity contribution in [2.75, 3.05) is 13.7 Å². The van der Waals surface area contributed by atoms with Crippen molar-refractivity contribution in [1.82, 2.24) is 0 Å². The number of nitrogens with zero attached hydrogens (tertiary/aromatic N) is 1. The first-order valence-electron chi connectivity index (χ1n) is 7.67. The summed E-state index contributed by atoms with van der Waals surface area (Å²) in [4.78, 5) is 29.4. The number of halogens is 1. The summed E-state index contributed by atoms with van der Waals surface area (Å²) < 4.78 is 11.0. The summed E-state index contributed by atoms with van der Waals surface area (Å²) in [6.07, 6.45) is 0. The normalized spacial score (nSPS) is 20.5. The van der Waals surface area contributed by atoms with E-state index in [2.05, 4.69) is 20.9 Å². The zero-order chi connectivity index (χ0) is 17.9. The molecule has 1 aliphatic heterocycles. The third-order valence-corrected chi connectivity index (χ3v) is 4.74. The van der Waals surface area contributed by atoms with E-state index < -0.39 is 23.8 Å². The Balaban J connectivity index is 2.68. The summed E-state index contributed by atoms with van der Waals surface area (Å²) >= 11 is 3.52. The lowest BCUT2D eigenvalue weighted by atomic mass is 9.75. The van der Waals surface area contributed by atoms with Crippen LogP contribution < -0.4 is 0 Å². The number of esters is 2. The van der Waals surface area contributed by atoms with Gasteiger partial charge in [0.2, 0.25) is 0 Å². The van der Waals surface area contributed by atoms with Crippen LogP contribution in [0.25, 0.3) is 0 Å². The third kappa shape index (κ3) is 3.43. The molecule has 0 aromatic heterocycles. The molecule has 2 unspecified atom stereocenters. The van der Waals surface area contributed by atoms with Gasteiger partial charge in [-0.3, -0.25) is 9.79 Å². The van der Waals surface area contributed by atoms with Gasteiger partial charge in [-0.2, -0.15) is 0 Å². The Kier molecular flexibility index (Phi) is 5.94. The Labute approximate surface area is 149 Å². The fourth-order valence-corrected chi connectivity index (χ4v) is 3.54. The highest BCUT2D eigenvalue weighted by Gasteiger charge is 2.42. The van der Waals surface area contributed by atoms with E-state index in [1.54, 1.807) is 20.8 Å².